The Balaban J connectivity index is 0.00000204. The number of aliphatic hydroxyl groups is 1. The molecule has 0 spiro atoms. The van der Waals surface area contributed by atoms with Crippen molar-refractivity contribution < 1.29 is 20.4 Å². The zero-order valence-corrected chi connectivity index (χ0v) is 28.3. The van der Waals surface area contributed by atoms with Gasteiger partial charge in [-0.05, 0) is 141 Å². The van der Waals surface area contributed by atoms with Gasteiger partial charge in [-0.15, -0.1) is 0 Å². The Labute approximate surface area is 276 Å². The molecular weight excluding hydrogens is 568 g/mol. The van der Waals surface area contributed by atoms with Crippen LogP contribution in [0.1, 0.15) is 115 Å². The van der Waals surface area contributed by atoms with E-state index in [2.05, 4.69) is 56.3 Å². The van der Waals surface area contributed by atoms with E-state index in [9.17, 15) is 20.4 Å². The van der Waals surface area contributed by atoms with Gasteiger partial charge < -0.3 is 20.4 Å². The van der Waals surface area contributed by atoms with Crippen molar-refractivity contribution in [3.63, 3.8) is 0 Å². The smallest absolute Gasteiger partial charge is 0.115 e. The van der Waals surface area contributed by atoms with Gasteiger partial charge in [0.2, 0.25) is 0 Å². The number of phenols is 3. The van der Waals surface area contributed by atoms with Gasteiger partial charge in [-0.2, -0.15) is 0 Å². The Hall–Kier alpha value is -3.66. The van der Waals surface area contributed by atoms with Gasteiger partial charge in [0.05, 0.1) is 5.76 Å². The van der Waals surface area contributed by atoms with Crippen molar-refractivity contribution in [1.82, 2.24) is 0 Å². The maximum atomic E-state index is 10.3. The van der Waals surface area contributed by atoms with Crippen LogP contribution in [0, 0.1) is 17.3 Å². The molecule has 4 N–H and O–H groups in total. The number of phenolic OH excluding ortho intramolecular Hbond substituents is 3. The second-order valence-electron chi connectivity index (χ2n) is 14.4. The molecule has 4 heteroatoms. The van der Waals surface area contributed by atoms with Gasteiger partial charge >= 0.3 is 0 Å². The SMILES string of the molecule is CC.CC(C)(C1CCC(C2=CC=C(O)CCC2)(c2ccc(O)cc2)CC1)C1CCC(c2ccc(O)cc2)(c2ccc(O)cc2)CC1. The van der Waals surface area contributed by atoms with Crippen LogP contribution >= 0.6 is 0 Å². The maximum Gasteiger partial charge on any atom is 0.115 e. The molecule has 3 aromatic carbocycles. The first-order valence-corrected chi connectivity index (χ1v) is 17.6. The van der Waals surface area contributed by atoms with E-state index in [1.807, 2.05) is 32.1 Å². The monoisotopic (exact) mass is 622 g/mol. The van der Waals surface area contributed by atoms with Crippen LogP contribution in [0.5, 0.6) is 17.2 Å². The van der Waals surface area contributed by atoms with Crippen LogP contribution in [-0.2, 0) is 10.8 Å². The highest BCUT2D eigenvalue weighted by molar-refractivity contribution is 5.44. The Bertz CT molecular complexity index is 1430. The number of rotatable bonds is 6. The van der Waals surface area contributed by atoms with Gasteiger partial charge in [0.25, 0.3) is 0 Å². The van der Waals surface area contributed by atoms with Gasteiger partial charge in [-0.1, -0.05) is 75.7 Å². The molecule has 2 fully saturated rings. The summed E-state index contributed by atoms with van der Waals surface area (Å²) in [6.07, 6.45) is 15.7. The summed E-state index contributed by atoms with van der Waals surface area (Å²) in [6.45, 7) is 9.02. The number of benzene rings is 3. The lowest BCUT2D eigenvalue weighted by Crippen LogP contribution is -2.43. The molecule has 3 aliphatic rings. The largest absolute Gasteiger partial charge is 0.512 e. The molecule has 0 amide bonds. The molecule has 0 unspecified atom stereocenters. The lowest BCUT2D eigenvalue weighted by Gasteiger charge is -2.52. The second kappa shape index (κ2) is 14.0. The molecule has 2 saturated carbocycles. The Morgan fingerprint density at radius 2 is 0.891 bits per heavy atom. The van der Waals surface area contributed by atoms with Gasteiger partial charge in [0.15, 0.2) is 0 Å². The van der Waals surface area contributed by atoms with Crippen LogP contribution in [-0.4, -0.2) is 20.4 Å². The van der Waals surface area contributed by atoms with Crippen molar-refractivity contribution in [3.8, 4) is 17.2 Å². The maximum absolute atomic E-state index is 10.3. The van der Waals surface area contributed by atoms with Gasteiger partial charge in [-0.25, -0.2) is 0 Å². The molecule has 3 aliphatic carbocycles. The lowest BCUT2D eigenvalue weighted by molar-refractivity contribution is 0.0357. The summed E-state index contributed by atoms with van der Waals surface area (Å²) in [4.78, 5) is 0. The van der Waals surface area contributed by atoms with E-state index >= 15 is 0 Å². The van der Waals surface area contributed by atoms with E-state index in [1.165, 1.54) is 35.1 Å². The molecule has 0 heterocycles. The van der Waals surface area contributed by atoms with E-state index in [-0.39, 0.29) is 27.7 Å². The first kappa shape index (κ1) is 33.7. The van der Waals surface area contributed by atoms with Crippen molar-refractivity contribution in [1.29, 1.82) is 0 Å². The highest BCUT2D eigenvalue weighted by Crippen LogP contribution is 2.57. The van der Waals surface area contributed by atoms with Crippen molar-refractivity contribution in [2.75, 3.05) is 0 Å². The van der Waals surface area contributed by atoms with Gasteiger partial charge in [0, 0.05) is 17.3 Å². The zero-order valence-electron chi connectivity index (χ0n) is 28.3. The first-order valence-electron chi connectivity index (χ1n) is 17.6. The standard InChI is InChI=1S/C40H48O4.C2H6/c1-38(2,29-22-26-40(27-23-29,32-9-16-36(43)17-10-32)33-11-18-37(44)19-12-33)28-20-24-39(25-21-28,31-7-14-35(42)15-8-31)30-4-3-5-34(41)13-6-30;1-2/h6-19,28-29,41-44H,3-5,20-27H2,1-2H3;1-2H3. The van der Waals surface area contributed by atoms with E-state index in [1.54, 1.807) is 24.3 Å². The molecule has 3 aromatic rings. The molecule has 0 saturated heterocycles. The number of hydrogen-bond acceptors (Lipinski definition) is 4. The lowest BCUT2D eigenvalue weighted by atomic mass is 9.53. The van der Waals surface area contributed by atoms with Crippen LogP contribution < -0.4 is 0 Å². The van der Waals surface area contributed by atoms with Crippen molar-refractivity contribution in [3.05, 3.63) is 113 Å². The number of aliphatic hydroxyl groups excluding tert-OH is 1. The Kier molecular flexibility index (Phi) is 10.2. The second-order valence-corrected chi connectivity index (χ2v) is 14.4. The fraction of sp³-hybridized carbons (Fsp3) is 0.476. The topological polar surface area (TPSA) is 80.9 Å². The molecule has 4 nitrogen and oxygen atoms in total. The van der Waals surface area contributed by atoms with Crippen molar-refractivity contribution in [2.24, 2.45) is 17.3 Å². The minimum absolute atomic E-state index is 0.0547. The minimum atomic E-state index is -0.125. The fourth-order valence-corrected chi connectivity index (χ4v) is 9.15. The number of hydrogen-bond donors (Lipinski definition) is 4. The predicted molar refractivity (Wildman–Crippen MR) is 188 cm³/mol. The molecule has 0 aliphatic heterocycles. The summed E-state index contributed by atoms with van der Waals surface area (Å²) in [5, 5.41) is 40.3. The van der Waals surface area contributed by atoms with E-state index in [0.717, 1.165) is 57.8 Å². The quantitative estimate of drug-likeness (QED) is 0.220. The summed E-state index contributed by atoms with van der Waals surface area (Å²) in [6, 6.07) is 23.4. The summed E-state index contributed by atoms with van der Waals surface area (Å²) < 4.78 is 0. The third-order valence-electron chi connectivity index (χ3n) is 12.0. The van der Waals surface area contributed by atoms with Crippen molar-refractivity contribution >= 4 is 0 Å². The first-order chi connectivity index (χ1) is 22.1. The zero-order chi connectivity index (χ0) is 33.0. The third kappa shape index (κ3) is 6.59. The molecule has 0 aromatic heterocycles. The average molecular weight is 623 g/mol. The summed E-state index contributed by atoms with van der Waals surface area (Å²) in [5.74, 6) is 2.61. The van der Waals surface area contributed by atoms with Crippen LogP contribution in [0.4, 0.5) is 0 Å². The minimum Gasteiger partial charge on any atom is -0.512 e. The average Bonchev–Trinajstić information content (AvgIpc) is 3.31. The highest BCUT2D eigenvalue weighted by atomic mass is 16.3. The number of allylic oxidation sites excluding steroid dienone is 4. The normalized spacial score (nSPS) is 23.7. The van der Waals surface area contributed by atoms with Crippen LogP contribution in [0.2, 0.25) is 0 Å². The Morgan fingerprint density at radius 3 is 1.30 bits per heavy atom. The summed E-state index contributed by atoms with van der Waals surface area (Å²) in [5.41, 5.74) is 5.22. The van der Waals surface area contributed by atoms with Crippen LogP contribution in [0.15, 0.2) is 96.3 Å². The summed E-state index contributed by atoms with van der Waals surface area (Å²) in [7, 11) is 0. The van der Waals surface area contributed by atoms with Crippen LogP contribution in [0.25, 0.3) is 0 Å². The van der Waals surface area contributed by atoms with E-state index in [4.69, 9.17) is 0 Å². The molecule has 246 valence electrons. The third-order valence-corrected chi connectivity index (χ3v) is 12.0. The Morgan fingerprint density at radius 1 is 0.522 bits per heavy atom. The fourth-order valence-electron chi connectivity index (χ4n) is 9.15. The van der Waals surface area contributed by atoms with Crippen LogP contribution in [0.3, 0.4) is 0 Å². The molecule has 46 heavy (non-hydrogen) atoms. The number of aromatic hydroxyl groups is 3. The van der Waals surface area contributed by atoms with E-state index < -0.39 is 0 Å². The van der Waals surface area contributed by atoms with Gasteiger partial charge in [-0.3, -0.25) is 0 Å². The highest BCUT2D eigenvalue weighted by Gasteiger charge is 2.48. The molecule has 0 bridgehead atoms. The molecule has 0 radical (unpaired) electrons. The van der Waals surface area contributed by atoms with Crippen molar-refractivity contribution in [2.45, 2.75) is 109 Å². The van der Waals surface area contributed by atoms with Gasteiger partial charge in [0.1, 0.15) is 17.2 Å². The molecular formula is C42H54O4. The molecule has 0 atom stereocenters. The van der Waals surface area contributed by atoms with E-state index in [0.29, 0.717) is 23.3 Å². The predicted octanol–water partition coefficient (Wildman–Crippen LogP) is 11.0. The summed E-state index contributed by atoms with van der Waals surface area (Å²) >= 11 is 0. The molecule has 6 rings (SSSR count).